The Morgan fingerprint density at radius 3 is 2.69 bits per heavy atom. The van der Waals surface area contributed by atoms with E-state index in [0.29, 0.717) is 24.1 Å². The molecule has 7 heteroatoms. The second-order valence-corrected chi connectivity index (χ2v) is 8.60. The van der Waals surface area contributed by atoms with Crippen LogP contribution < -0.4 is 15.6 Å². The van der Waals surface area contributed by atoms with Gasteiger partial charge in [0.05, 0.1) is 16.6 Å². The largest absolute Gasteiger partial charge is 0.483 e. The van der Waals surface area contributed by atoms with Crippen molar-refractivity contribution in [3.63, 3.8) is 0 Å². The van der Waals surface area contributed by atoms with Gasteiger partial charge in [-0.2, -0.15) is 0 Å². The molecule has 0 spiro atoms. The quantitative estimate of drug-likeness (QED) is 0.274. The number of carbonyl (C=O) groups excluding carboxylic acids is 1. The lowest BCUT2D eigenvalue weighted by Gasteiger charge is -2.12. The van der Waals surface area contributed by atoms with E-state index in [4.69, 9.17) is 4.74 Å². The van der Waals surface area contributed by atoms with Gasteiger partial charge in [-0.05, 0) is 42.3 Å². The standard InChI is InChI=1S/C29H22N4O3/c1-2-6-21-24(36-17-25(34)32-16-18-7-5-13-30-15-18)11-10-23-26(21)22-12-14-31-27-19-8-3-4-9-20(19)29(35)33(23)28(22)27/h2-5,7-15H,1,6,16-17H2,(H,32,34). The molecular weight excluding hydrogens is 452 g/mol. The first-order chi connectivity index (χ1) is 17.7. The van der Waals surface area contributed by atoms with Crippen LogP contribution in [0.25, 0.3) is 38.1 Å². The molecule has 1 N–H and O–H groups in total. The molecule has 0 saturated heterocycles. The maximum absolute atomic E-state index is 13.6. The molecule has 0 unspecified atom stereocenters. The molecule has 0 aliphatic rings. The monoisotopic (exact) mass is 474 g/mol. The Morgan fingerprint density at radius 1 is 1.03 bits per heavy atom. The van der Waals surface area contributed by atoms with Crippen molar-refractivity contribution in [3.05, 3.63) is 107 Å². The van der Waals surface area contributed by atoms with Crippen molar-refractivity contribution >= 4 is 44.0 Å². The highest BCUT2D eigenvalue weighted by atomic mass is 16.5. The third kappa shape index (κ3) is 3.44. The number of rotatable bonds is 7. The highest BCUT2D eigenvalue weighted by molar-refractivity contribution is 6.19. The third-order valence-electron chi connectivity index (χ3n) is 6.44. The minimum absolute atomic E-state index is 0.0842. The summed E-state index contributed by atoms with van der Waals surface area (Å²) in [4.78, 5) is 34.7. The molecule has 2 aromatic carbocycles. The minimum Gasteiger partial charge on any atom is -0.483 e. The number of ether oxygens (including phenoxy) is 1. The van der Waals surface area contributed by atoms with Gasteiger partial charge in [-0.3, -0.25) is 24.0 Å². The molecule has 6 aromatic rings. The van der Waals surface area contributed by atoms with Crippen molar-refractivity contribution in [2.24, 2.45) is 0 Å². The van der Waals surface area contributed by atoms with Gasteiger partial charge < -0.3 is 10.1 Å². The van der Waals surface area contributed by atoms with Crippen molar-refractivity contribution in [2.75, 3.05) is 6.61 Å². The van der Waals surface area contributed by atoms with Gasteiger partial charge in [-0.25, -0.2) is 0 Å². The first-order valence-corrected chi connectivity index (χ1v) is 11.7. The fourth-order valence-corrected chi connectivity index (χ4v) is 4.89. The van der Waals surface area contributed by atoms with E-state index in [1.807, 2.05) is 54.6 Å². The number of amides is 1. The second-order valence-electron chi connectivity index (χ2n) is 8.60. The number of pyridine rings is 3. The normalized spacial score (nSPS) is 11.4. The van der Waals surface area contributed by atoms with Crippen LogP contribution in [0.5, 0.6) is 5.75 Å². The zero-order valence-corrected chi connectivity index (χ0v) is 19.4. The summed E-state index contributed by atoms with van der Waals surface area (Å²) in [5, 5.41) is 6.13. The van der Waals surface area contributed by atoms with E-state index in [0.717, 1.165) is 43.8 Å². The first kappa shape index (κ1) is 21.7. The Kier molecular flexibility index (Phi) is 5.30. The van der Waals surface area contributed by atoms with Gasteiger partial charge >= 0.3 is 0 Å². The lowest BCUT2D eigenvalue weighted by atomic mass is 10.0. The van der Waals surface area contributed by atoms with E-state index >= 15 is 0 Å². The summed E-state index contributed by atoms with van der Waals surface area (Å²) in [7, 11) is 0. The molecule has 4 heterocycles. The predicted molar refractivity (Wildman–Crippen MR) is 141 cm³/mol. The number of nitrogens with one attached hydrogen (secondary N) is 1. The number of aromatic nitrogens is 3. The van der Waals surface area contributed by atoms with Gasteiger partial charge in [-0.15, -0.1) is 6.58 Å². The predicted octanol–water partition coefficient (Wildman–Crippen LogP) is 4.41. The lowest BCUT2D eigenvalue weighted by molar-refractivity contribution is -0.123. The molecule has 0 fully saturated rings. The highest BCUT2D eigenvalue weighted by Crippen LogP contribution is 2.38. The molecule has 1 amide bonds. The van der Waals surface area contributed by atoms with E-state index in [2.05, 4.69) is 21.9 Å². The van der Waals surface area contributed by atoms with Gasteiger partial charge in [0.2, 0.25) is 0 Å². The van der Waals surface area contributed by atoms with Gasteiger partial charge in [0.1, 0.15) is 5.75 Å². The van der Waals surface area contributed by atoms with Crippen LogP contribution in [0.3, 0.4) is 0 Å². The maximum Gasteiger partial charge on any atom is 0.263 e. The van der Waals surface area contributed by atoms with Gasteiger partial charge in [0.25, 0.3) is 11.5 Å². The number of hydrogen-bond acceptors (Lipinski definition) is 5. The van der Waals surface area contributed by atoms with Crippen molar-refractivity contribution < 1.29 is 9.53 Å². The maximum atomic E-state index is 13.6. The number of hydrogen-bond donors (Lipinski definition) is 1. The topological polar surface area (TPSA) is 85.6 Å². The van der Waals surface area contributed by atoms with E-state index in [-0.39, 0.29) is 18.1 Å². The molecule has 0 radical (unpaired) electrons. The first-order valence-electron chi connectivity index (χ1n) is 11.7. The van der Waals surface area contributed by atoms with Crippen LogP contribution in [0.15, 0.2) is 90.6 Å². The Hall–Kier alpha value is -4.78. The Balaban J connectivity index is 1.45. The van der Waals surface area contributed by atoms with Crippen LogP contribution in [-0.4, -0.2) is 26.9 Å². The van der Waals surface area contributed by atoms with Crippen molar-refractivity contribution in [2.45, 2.75) is 13.0 Å². The van der Waals surface area contributed by atoms with Crippen molar-refractivity contribution in [1.29, 1.82) is 0 Å². The Bertz CT molecular complexity index is 1830. The Labute approximate surface area is 206 Å². The lowest BCUT2D eigenvalue weighted by Crippen LogP contribution is -2.28. The molecule has 6 rings (SSSR count). The molecule has 0 aliphatic heterocycles. The number of carbonyl (C=O) groups is 1. The fourth-order valence-electron chi connectivity index (χ4n) is 4.89. The van der Waals surface area contributed by atoms with Crippen LogP contribution in [0.4, 0.5) is 0 Å². The van der Waals surface area contributed by atoms with Crippen LogP contribution in [-0.2, 0) is 17.8 Å². The van der Waals surface area contributed by atoms with Gasteiger partial charge in [0, 0.05) is 52.2 Å². The van der Waals surface area contributed by atoms with Crippen LogP contribution in [0.1, 0.15) is 11.1 Å². The summed E-state index contributed by atoms with van der Waals surface area (Å²) >= 11 is 0. The molecule has 0 bridgehead atoms. The van der Waals surface area contributed by atoms with Gasteiger partial charge in [-0.1, -0.05) is 30.3 Å². The molecule has 176 valence electrons. The van der Waals surface area contributed by atoms with E-state index in [1.54, 1.807) is 29.1 Å². The number of benzene rings is 2. The smallest absolute Gasteiger partial charge is 0.263 e. The third-order valence-corrected chi connectivity index (χ3v) is 6.44. The summed E-state index contributed by atoms with van der Waals surface area (Å²) in [5.41, 5.74) is 4.05. The summed E-state index contributed by atoms with van der Waals surface area (Å²) in [6.45, 7) is 4.16. The molecular formula is C29H22N4O3. The number of allylic oxidation sites excluding steroid dienone is 1. The van der Waals surface area contributed by atoms with Crippen LogP contribution >= 0.6 is 0 Å². The minimum atomic E-state index is -0.235. The molecule has 0 saturated carbocycles. The number of fused-ring (bicyclic) bond motifs is 5. The fraction of sp³-hybridized carbons (Fsp3) is 0.103. The zero-order valence-electron chi connectivity index (χ0n) is 19.4. The summed E-state index contributed by atoms with van der Waals surface area (Å²) in [5.74, 6) is 0.349. The summed E-state index contributed by atoms with van der Waals surface area (Å²) in [6.07, 6.45) is 7.48. The molecule has 36 heavy (non-hydrogen) atoms. The summed E-state index contributed by atoms with van der Waals surface area (Å²) < 4.78 is 7.73. The molecule has 0 atom stereocenters. The average molecular weight is 475 g/mol. The second kappa shape index (κ2) is 8.78. The Morgan fingerprint density at radius 2 is 1.89 bits per heavy atom. The molecule has 0 aliphatic carbocycles. The SMILES string of the molecule is C=CCc1c(OCC(=O)NCc2cccnc2)ccc2c1c1ccnc3c4ccccc4c(=O)n2c13. The van der Waals surface area contributed by atoms with E-state index < -0.39 is 0 Å². The number of nitrogens with zero attached hydrogens (tertiary/aromatic N) is 3. The van der Waals surface area contributed by atoms with Crippen LogP contribution in [0, 0.1) is 0 Å². The van der Waals surface area contributed by atoms with E-state index in [1.165, 1.54) is 0 Å². The highest BCUT2D eigenvalue weighted by Gasteiger charge is 2.21. The van der Waals surface area contributed by atoms with Gasteiger partial charge in [0.15, 0.2) is 6.61 Å². The van der Waals surface area contributed by atoms with Crippen molar-refractivity contribution in [1.82, 2.24) is 19.7 Å². The van der Waals surface area contributed by atoms with Crippen molar-refractivity contribution in [3.8, 4) is 5.75 Å². The molecule has 4 aromatic heterocycles. The van der Waals surface area contributed by atoms with E-state index in [9.17, 15) is 9.59 Å². The zero-order chi connectivity index (χ0) is 24.6. The van der Waals surface area contributed by atoms with Crippen LogP contribution in [0.2, 0.25) is 0 Å². The summed E-state index contributed by atoms with van der Waals surface area (Å²) in [6, 6.07) is 16.9. The average Bonchev–Trinajstić information content (AvgIpc) is 3.26. The molecule has 7 nitrogen and oxygen atoms in total.